The average molecular weight is 286 g/mol. The van der Waals surface area contributed by atoms with Crippen LogP contribution in [0.5, 0.6) is 5.75 Å². The maximum absolute atomic E-state index is 5.76. The molecule has 3 nitrogen and oxygen atoms in total. The molecule has 21 heavy (non-hydrogen) atoms. The van der Waals surface area contributed by atoms with Crippen molar-refractivity contribution >= 4 is 0 Å². The van der Waals surface area contributed by atoms with Gasteiger partial charge < -0.3 is 9.30 Å². The van der Waals surface area contributed by atoms with Gasteiger partial charge in [-0.3, -0.25) is 0 Å². The first-order valence-corrected chi connectivity index (χ1v) is 8.06. The van der Waals surface area contributed by atoms with Crippen LogP contribution in [0, 0.1) is 0 Å². The molecule has 0 aliphatic rings. The molecule has 1 aromatic carbocycles. The first kappa shape index (κ1) is 15.6. The molecule has 0 bridgehead atoms. The molecule has 0 aliphatic carbocycles. The van der Waals surface area contributed by atoms with Gasteiger partial charge in [0.1, 0.15) is 5.75 Å². The summed E-state index contributed by atoms with van der Waals surface area (Å²) in [5.41, 5.74) is 1.36. The molecule has 0 aliphatic heterocycles. The molecule has 0 N–H and O–H groups in total. The molecule has 1 heterocycles. The Bertz CT molecular complexity index is 476. The van der Waals surface area contributed by atoms with E-state index in [4.69, 9.17) is 4.74 Å². The number of aryl methyl sites for hydroxylation is 2. The molecule has 0 unspecified atom stereocenters. The highest BCUT2D eigenvalue weighted by molar-refractivity contribution is 5.27. The Morgan fingerprint density at radius 2 is 1.76 bits per heavy atom. The number of hydrogen-bond donors (Lipinski definition) is 0. The van der Waals surface area contributed by atoms with E-state index in [0.29, 0.717) is 0 Å². The van der Waals surface area contributed by atoms with Gasteiger partial charge >= 0.3 is 0 Å². The number of ether oxygens (including phenoxy) is 1. The minimum Gasteiger partial charge on any atom is -0.494 e. The standard InChI is InChI=1S/C18H26N2O/c1-2-17-8-10-18(11-9-17)21-15-7-5-3-4-6-13-20-14-12-19-16-20/h8-12,14,16H,2-7,13,15H2,1H3. The summed E-state index contributed by atoms with van der Waals surface area (Å²) in [6.45, 7) is 4.08. The molecule has 114 valence electrons. The maximum atomic E-state index is 5.76. The van der Waals surface area contributed by atoms with Crippen LogP contribution in [0.2, 0.25) is 0 Å². The van der Waals surface area contributed by atoms with Crippen molar-refractivity contribution in [1.29, 1.82) is 0 Å². The molecule has 0 fully saturated rings. The van der Waals surface area contributed by atoms with Gasteiger partial charge in [-0.1, -0.05) is 38.3 Å². The van der Waals surface area contributed by atoms with Crippen molar-refractivity contribution in [2.45, 2.75) is 52.0 Å². The van der Waals surface area contributed by atoms with Crippen LogP contribution in [-0.4, -0.2) is 16.2 Å². The van der Waals surface area contributed by atoms with Gasteiger partial charge in [-0.2, -0.15) is 0 Å². The highest BCUT2D eigenvalue weighted by Crippen LogP contribution is 2.13. The molecule has 1 aromatic heterocycles. The van der Waals surface area contributed by atoms with Crippen molar-refractivity contribution in [3.63, 3.8) is 0 Å². The third-order valence-electron chi connectivity index (χ3n) is 3.72. The smallest absolute Gasteiger partial charge is 0.119 e. The Hall–Kier alpha value is -1.77. The Kier molecular flexibility index (Phi) is 6.85. The van der Waals surface area contributed by atoms with Crippen molar-refractivity contribution in [3.05, 3.63) is 48.5 Å². The Balaban J connectivity index is 1.46. The summed E-state index contributed by atoms with van der Waals surface area (Å²) in [6, 6.07) is 8.44. The van der Waals surface area contributed by atoms with Crippen LogP contribution in [0.4, 0.5) is 0 Å². The van der Waals surface area contributed by atoms with Crippen LogP contribution >= 0.6 is 0 Å². The van der Waals surface area contributed by atoms with Crippen molar-refractivity contribution < 1.29 is 4.74 Å². The normalized spacial score (nSPS) is 10.7. The number of aromatic nitrogens is 2. The molecule has 0 amide bonds. The lowest BCUT2D eigenvalue weighted by Gasteiger charge is -2.07. The molecule has 2 rings (SSSR count). The monoisotopic (exact) mass is 286 g/mol. The van der Waals surface area contributed by atoms with Crippen LogP contribution in [0.15, 0.2) is 43.0 Å². The van der Waals surface area contributed by atoms with Crippen LogP contribution < -0.4 is 4.74 Å². The molecule has 2 aromatic rings. The summed E-state index contributed by atoms with van der Waals surface area (Å²) in [6.07, 6.45) is 13.0. The fourth-order valence-corrected chi connectivity index (χ4v) is 2.36. The molecule has 0 saturated heterocycles. The number of hydrogen-bond acceptors (Lipinski definition) is 2. The van der Waals surface area contributed by atoms with E-state index in [-0.39, 0.29) is 0 Å². The summed E-state index contributed by atoms with van der Waals surface area (Å²) in [5, 5.41) is 0. The molecular weight excluding hydrogens is 260 g/mol. The second-order valence-corrected chi connectivity index (χ2v) is 5.41. The number of imidazole rings is 1. The Morgan fingerprint density at radius 3 is 2.48 bits per heavy atom. The van der Waals surface area contributed by atoms with Crippen molar-refractivity contribution in [2.75, 3.05) is 6.61 Å². The molecule has 3 heteroatoms. The second kappa shape index (κ2) is 9.22. The van der Waals surface area contributed by atoms with Gasteiger partial charge in [0.2, 0.25) is 0 Å². The van der Waals surface area contributed by atoms with Gasteiger partial charge in [-0.05, 0) is 37.0 Å². The zero-order valence-electron chi connectivity index (χ0n) is 13.0. The molecule has 0 atom stereocenters. The predicted molar refractivity (Wildman–Crippen MR) is 86.6 cm³/mol. The third-order valence-corrected chi connectivity index (χ3v) is 3.72. The highest BCUT2D eigenvalue weighted by Gasteiger charge is 1.96. The van der Waals surface area contributed by atoms with Crippen molar-refractivity contribution in [2.24, 2.45) is 0 Å². The number of rotatable bonds is 10. The van der Waals surface area contributed by atoms with Crippen molar-refractivity contribution in [3.8, 4) is 5.75 Å². The first-order chi connectivity index (χ1) is 10.4. The second-order valence-electron chi connectivity index (χ2n) is 5.41. The molecule has 0 spiro atoms. The molecule has 0 radical (unpaired) electrons. The van der Waals surface area contributed by atoms with Gasteiger partial charge in [0.15, 0.2) is 0 Å². The topological polar surface area (TPSA) is 27.1 Å². The fraction of sp³-hybridized carbons (Fsp3) is 0.500. The summed E-state index contributed by atoms with van der Waals surface area (Å²) >= 11 is 0. The van der Waals surface area contributed by atoms with Gasteiger partial charge in [0.25, 0.3) is 0 Å². The van der Waals surface area contributed by atoms with E-state index in [1.807, 2.05) is 18.7 Å². The third kappa shape index (κ3) is 6.03. The summed E-state index contributed by atoms with van der Waals surface area (Å²) in [5.74, 6) is 0.993. The molecule has 0 saturated carbocycles. The van der Waals surface area contributed by atoms with Crippen LogP contribution in [-0.2, 0) is 13.0 Å². The minimum absolute atomic E-state index is 0.826. The van der Waals surface area contributed by atoms with E-state index < -0.39 is 0 Å². The first-order valence-electron chi connectivity index (χ1n) is 8.06. The number of benzene rings is 1. The SMILES string of the molecule is CCc1ccc(OCCCCCCCn2ccnc2)cc1. The average Bonchev–Trinajstić information content (AvgIpc) is 3.04. The minimum atomic E-state index is 0.826. The predicted octanol–water partition coefficient (Wildman–Crippen LogP) is 4.48. The van der Waals surface area contributed by atoms with E-state index in [1.54, 1.807) is 0 Å². The summed E-state index contributed by atoms with van der Waals surface area (Å²) < 4.78 is 7.90. The zero-order valence-corrected chi connectivity index (χ0v) is 13.0. The summed E-state index contributed by atoms with van der Waals surface area (Å²) in [7, 11) is 0. The lowest BCUT2D eigenvalue weighted by Crippen LogP contribution is -1.98. The largest absolute Gasteiger partial charge is 0.494 e. The Morgan fingerprint density at radius 1 is 1.00 bits per heavy atom. The summed E-state index contributed by atoms with van der Waals surface area (Å²) in [4.78, 5) is 4.05. The van der Waals surface area contributed by atoms with E-state index in [9.17, 15) is 0 Å². The van der Waals surface area contributed by atoms with Crippen LogP contribution in [0.25, 0.3) is 0 Å². The van der Waals surface area contributed by atoms with Gasteiger partial charge in [0, 0.05) is 18.9 Å². The highest BCUT2D eigenvalue weighted by atomic mass is 16.5. The lowest BCUT2D eigenvalue weighted by molar-refractivity contribution is 0.304. The van der Waals surface area contributed by atoms with Gasteiger partial charge in [0.05, 0.1) is 12.9 Å². The molecular formula is C18H26N2O. The van der Waals surface area contributed by atoms with E-state index >= 15 is 0 Å². The van der Waals surface area contributed by atoms with Gasteiger partial charge in [-0.15, -0.1) is 0 Å². The fourth-order valence-electron chi connectivity index (χ4n) is 2.36. The quantitative estimate of drug-likeness (QED) is 0.602. The van der Waals surface area contributed by atoms with E-state index in [1.165, 1.54) is 31.2 Å². The zero-order chi connectivity index (χ0) is 14.8. The Labute approximate surface area is 128 Å². The van der Waals surface area contributed by atoms with Crippen LogP contribution in [0.1, 0.15) is 44.6 Å². The number of nitrogens with zero attached hydrogens (tertiary/aromatic N) is 2. The number of unbranched alkanes of at least 4 members (excludes halogenated alkanes) is 4. The van der Waals surface area contributed by atoms with E-state index in [0.717, 1.165) is 31.7 Å². The van der Waals surface area contributed by atoms with Crippen molar-refractivity contribution in [1.82, 2.24) is 9.55 Å². The maximum Gasteiger partial charge on any atom is 0.119 e. The van der Waals surface area contributed by atoms with Gasteiger partial charge in [-0.25, -0.2) is 4.98 Å². The van der Waals surface area contributed by atoms with E-state index in [2.05, 4.69) is 40.7 Å². The van der Waals surface area contributed by atoms with Crippen LogP contribution in [0.3, 0.4) is 0 Å². The lowest BCUT2D eigenvalue weighted by atomic mass is 10.1.